The Labute approximate surface area is 162 Å². The minimum absolute atomic E-state index is 0.151. The standard InChI is InChI=1S/C21H22ClF3S/c1-5-12(2)8-13(3)14(4)26-20-11-15(6-7-17(20)22)16-9-18(23)21(25)19(24)10-16/h6-7,9-12,14H,3,5,8H2,1-2,4H3. The lowest BCUT2D eigenvalue weighted by molar-refractivity contribution is 0.447. The van der Waals surface area contributed by atoms with E-state index in [0.717, 1.165) is 35.4 Å². The Morgan fingerprint density at radius 1 is 1.08 bits per heavy atom. The number of hydrogen-bond donors (Lipinski definition) is 0. The number of halogens is 4. The van der Waals surface area contributed by atoms with Crippen LogP contribution in [0, 0.1) is 23.4 Å². The Bertz CT molecular complexity index is 781. The normalized spacial score (nSPS) is 13.5. The van der Waals surface area contributed by atoms with E-state index in [9.17, 15) is 13.2 Å². The molecule has 0 aliphatic heterocycles. The molecule has 0 fully saturated rings. The Morgan fingerprint density at radius 3 is 2.27 bits per heavy atom. The van der Waals surface area contributed by atoms with Gasteiger partial charge in [-0.05, 0) is 54.7 Å². The van der Waals surface area contributed by atoms with Crippen molar-refractivity contribution < 1.29 is 13.2 Å². The van der Waals surface area contributed by atoms with Crippen LogP contribution in [0.3, 0.4) is 0 Å². The molecule has 2 atom stereocenters. The minimum Gasteiger partial charge on any atom is -0.204 e. The summed E-state index contributed by atoms with van der Waals surface area (Å²) in [5.41, 5.74) is 1.98. The first-order valence-electron chi connectivity index (χ1n) is 8.51. The van der Waals surface area contributed by atoms with E-state index in [0.29, 0.717) is 16.5 Å². The molecule has 2 aromatic rings. The summed E-state index contributed by atoms with van der Waals surface area (Å²) in [6.07, 6.45) is 2.03. The van der Waals surface area contributed by atoms with E-state index in [1.165, 1.54) is 0 Å². The van der Waals surface area contributed by atoms with Gasteiger partial charge in [-0.1, -0.05) is 50.1 Å². The van der Waals surface area contributed by atoms with Crippen molar-refractivity contribution in [3.8, 4) is 11.1 Å². The van der Waals surface area contributed by atoms with E-state index < -0.39 is 17.5 Å². The quantitative estimate of drug-likeness (QED) is 0.259. The fourth-order valence-electron chi connectivity index (χ4n) is 2.53. The van der Waals surface area contributed by atoms with Gasteiger partial charge < -0.3 is 0 Å². The predicted molar refractivity (Wildman–Crippen MR) is 105 cm³/mol. The molecule has 2 unspecified atom stereocenters. The number of thioether (sulfide) groups is 1. The molecule has 2 rings (SSSR count). The summed E-state index contributed by atoms with van der Waals surface area (Å²) < 4.78 is 40.2. The van der Waals surface area contributed by atoms with Gasteiger partial charge in [-0.2, -0.15) is 0 Å². The van der Waals surface area contributed by atoms with Gasteiger partial charge in [0.25, 0.3) is 0 Å². The molecule has 0 aliphatic rings. The molecule has 26 heavy (non-hydrogen) atoms. The molecule has 5 heteroatoms. The molecule has 0 amide bonds. The highest BCUT2D eigenvalue weighted by Crippen LogP contribution is 2.37. The van der Waals surface area contributed by atoms with Crippen molar-refractivity contribution in [3.63, 3.8) is 0 Å². The van der Waals surface area contributed by atoms with Crippen molar-refractivity contribution in [2.75, 3.05) is 0 Å². The topological polar surface area (TPSA) is 0 Å². The third-order valence-electron chi connectivity index (χ3n) is 4.43. The second kappa shape index (κ2) is 9.01. The van der Waals surface area contributed by atoms with E-state index in [1.54, 1.807) is 30.0 Å². The van der Waals surface area contributed by atoms with Crippen LogP contribution in [0.5, 0.6) is 0 Å². The lowest BCUT2D eigenvalue weighted by Gasteiger charge is -2.18. The van der Waals surface area contributed by atoms with Crippen molar-refractivity contribution in [1.29, 1.82) is 0 Å². The van der Waals surface area contributed by atoms with Gasteiger partial charge in [-0.3, -0.25) is 0 Å². The SMILES string of the molecule is C=C(CC(C)CC)C(C)Sc1cc(-c2cc(F)c(F)c(F)c2)ccc1Cl. The fourth-order valence-corrected chi connectivity index (χ4v) is 3.80. The van der Waals surface area contributed by atoms with E-state index >= 15 is 0 Å². The third kappa shape index (κ3) is 5.08. The maximum atomic E-state index is 13.5. The first-order valence-corrected chi connectivity index (χ1v) is 9.77. The molecule has 0 nitrogen and oxygen atoms in total. The van der Waals surface area contributed by atoms with E-state index in [2.05, 4.69) is 27.4 Å². The number of rotatable bonds is 7. The molecule has 0 N–H and O–H groups in total. The van der Waals surface area contributed by atoms with Crippen molar-refractivity contribution in [1.82, 2.24) is 0 Å². The van der Waals surface area contributed by atoms with Gasteiger partial charge in [-0.25, -0.2) is 13.2 Å². The Hall–Kier alpha value is -1.39. The summed E-state index contributed by atoms with van der Waals surface area (Å²) in [5, 5.41) is 0.712. The summed E-state index contributed by atoms with van der Waals surface area (Å²) >= 11 is 7.85. The smallest absolute Gasteiger partial charge is 0.194 e. The van der Waals surface area contributed by atoms with Crippen LogP contribution < -0.4 is 0 Å². The average molecular weight is 399 g/mol. The second-order valence-electron chi connectivity index (χ2n) is 6.53. The van der Waals surface area contributed by atoms with Gasteiger partial charge in [0.2, 0.25) is 0 Å². The van der Waals surface area contributed by atoms with Crippen LogP contribution in [0.15, 0.2) is 47.4 Å². The Balaban J connectivity index is 2.26. The zero-order chi connectivity index (χ0) is 19.4. The monoisotopic (exact) mass is 398 g/mol. The van der Waals surface area contributed by atoms with E-state index in [-0.39, 0.29) is 10.8 Å². The van der Waals surface area contributed by atoms with E-state index in [1.807, 2.05) is 0 Å². The van der Waals surface area contributed by atoms with Gasteiger partial charge in [0.05, 0.1) is 5.02 Å². The molecule has 0 spiro atoms. The zero-order valence-corrected chi connectivity index (χ0v) is 16.7. The summed E-state index contributed by atoms with van der Waals surface area (Å²) in [6.45, 7) is 10.6. The molecule has 140 valence electrons. The fraction of sp³-hybridized carbons (Fsp3) is 0.333. The van der Waals surface area contributed by atoms with Gasteiger partial charge in [0, 0.05) is 10.1 Å². The molecule has 0 bridgehead atoms. The maximum absolute atomic E-state index is 13.5. The van der Waals surface area contributed by atoms with Crippen LogP contribution in [0.2, 0.25) is 5.02 Å². The Morgan fingerprint density at radius 2 is 1.69 bits per heavy atom. The van der Waals surface area contributed by atoms with Gasteiger partial charge in [0.1, 0.15) is 0 Å². The van der Waals surface area contributed by atoms with Crippen molar-refractivity contribution in [2.24, 2.45) is 5.92 Å². The average Bonchev–Trinajstić information content (AvgIpc) is 2.60. The molecule has 0 aromatic heterocycles. The minimum atomic E-state index is -1.47. The van der Waals surface area contributed by atoms with Crippen LogP contribution in [-0.4, -0.2) is 5.25 Å². The van der Waals surface area contributed by atoms with Crippen molar-refractivity contribution in [2.45, 2.75) is 43.8 Å². The maximum Gasteiger partial charge on any atom is 0.194 e. The number of benzene rings is 2. The first-order chi connectivity index (χ1) is 12.2. The number of hydrogen-bond acceptors (Lipinski definition) is 1. The van der Waals surface area contributed by atoms with Crippen molar-refractivity contribution >= 4 is 23.4 Å². The molecular formula is C21H22ClF3S. The molecule has 0 saturated heterocycles. The summed E-state index contributed by atoms with van der Waals surface area (Å²) in [4.78, 5) is 0.798. The van der Waals surface area contributed by atoms with Crippen LogP contribution in [0.4, 0.5) is 13.2 Å². The largest absolute Gasteiger partial charge is 0.204 e. The summed E-state index contributed by atoms with van der Waals surface area (Å²) in [6, 6.07) is 7.09. The molecule has 0 radical (unpaired) electrons. The molecule has 0 saturated carbocycles. The van der Waals surface area contributed by atoms with Gasteiger partial charge in [0.15, 0.2) is 17.5 Å². The van der Waals surface area contributed by atoms with Crippen LogP contribution in [0.1, 0.15) is 33.6 Å². The van der Waals surface area contributed by atoms with E-state index in [4.69, 9.17) is 11.6 Å². The lowest BCUT2D eigenvalue weighted by atomic mass is 9.98. The predicted octanol–water partition coefficient (Wildman–Crippen LogP) is 7.90. The highest BCUT2D eigenvalue weighted by Gasteiger charge is 2.16. The first kappa shape index (κ1) is 20.9. The van der Waals surface area contributed by atoms with Crippen LogP contribution in [-0.2, 0) is 0 Å². The second-order valence-corrected chi connectivity index (χ2v) is 8.32. The molecule has 0 aliphatic carbocycles. The third-order valence-corrected chi connectivity index (χ3v) is 6.15. The highest BCUT2D eigenvalue weighted by molar-refractivity contribution is 8.00. The molecule has 0 heterocycles. The highest BCUT2D eigenvalue weighted by atomic mass is 35.5. The summed E-state index contributed by atoms with van der Waals surface area (Å²) in [7, 11) is 0. The van der Waals surface area contributed by atoms with Gasteiger partial charge >= 0.3 is 0 Å². The van der Waals surface area contributed by atoms with Gasteiger partial charge in [-0.15, -0.1) is 11.8 Å². The van der Waals surface area contributed by atoms with Crippen LogP contribution in [0.25, 0.3) is 11.1 Å². The molecule has 2 aromatic carbocycles. The Kier molecular flexibility index (Phi) is 7.24. The van der Waals surface area contributed by atoms with Crippen LogP contribution >= 0.6 is 23.4 Å². The summed E-state index contributed by atoms with van der Waals surface area (Å²) in [5.74, 6) is -3.32. The van der Waals surface area contributed by atoms with Crippen molar-refractivity contribution in [3.05, 3.63) is 65.0 Å². The molecular weight excluding hydrogens is 377 g/mol. The lowest BCUT2D eigenvalue weighted by Crippen LogP contribution is -2.05. The zero-order valence-electron chi connectivity index (χ0n) is 15.1.